The van der Waals surface area contributed by atoms with Crippen LogP contribution in [0.15, 0.2) is 0 Å². The van der Waals surface area contributed by atoms with Crippen LogP contribution >= 0.6 is 13.0 Å². The molecule has 1 N–H and O–H groups in total. The fourth-order valence-corrected chi connectivity index (χ4v) is 13.7. The predicted octanol–water partition coefficient (Wildman–Crippen LogP) is 6.92. The van der Waals surface area contributed by atoms with Gasteiger partial charge in [-0.25, -0.2) is 0 Å². The molecular weight excluding hydrogens is 498 g/mol. The molecule has 0 aromatic rings. The molecule has 0 saturated heterocycles. The maximum Gasteiger partial charge on any atom is 0.320 e. The van der Waals surface area contributed by atoms with Crippen molar-refractivity contribution in [2.75, 3.05) is 26.4 Å². The highest BCUT2D eigenvalue weighted by Crippen LogP contribution is 2.76. The van der Waals surface area contributed by atoms with E-state index in [0.29, 0.717) is 39.3 Å². The van der Waals surface area contributed by atoms with Crippen LogP contribution in [0.4, 0.5) is 0 Å². The standard InChI is InChI=1S/C23H46O6P2S2/c1-16(2)12-26-30(32,27-13-17(3)4)21-20(9)10-11-23(21,22(24)25)31(33,28-14-18(5)6)29-15-19(7)8/h16-21H,10-15H2,1-9H3,(H,24,25). The third-order valence-electron chi connectivity index (χ3n) is 5.54. The van der Waals surface area contributed by atoms with E-state index >= 15 is 0 Å². The largest absolute Gasteiger partial charge is 0.480 e. The Labute approximate surface area is 212 Å². The Morgan fingerprint density at radius 3 is 1.55 bits per heavy atom. The number of hydrogen-bond acceptors (Lipinski definition) is 7. The molecule has 1 rings (SSSR count). The zero-order valence-electron chi connectivity index (χ0n) is 21.9. The SMILES string of the molecule is CC(C)COP(=S)(OCC(C)C)C1C(C)CCC1(C(=O)O)P(=S)(OCC(C)C)OCC(C)C. The summed E-state index contributed by atoms with van der Waals surface area (Å²) in [5, 5.41) is 9.36. The van der Waals surface area contributed by atoms with Gasteiger partial charge in [-0.05, 0) is 66.0 Å². The summed E-state index contributed by atoms with van der Waals surface area (Å²) in [6, 6.07) is 0. The van der Waals surface area contributed by atoms with E-state index < -0.39 is 29.8 Å². The normalized spacial score (nSPS) is 24.5. The molecule has 0 radical (unpaired) electrons. The van der Waals surface area contributed by atoms with Crippen LogP contribution in [0, 0.1) is 29.6 Å². The number of carboxylic acid groups (broad SMARTS) is 1. The summed E-state index contributed by atoms with van der Waals surface area (Å²) < 4.78 is 25.3. The number of hydrogen-bond donors (Lipinski definition) is 1. The minimum absolute atomic E-state index is 0.0288. The summed E-state index contributed by atoms with van der Waals surface area (Å²) in [5.41, 5.74) is -0.569. The third-order valence-corrected chi connectivity index (χ3v) is 14.0. The Kier molecular flexibility index (Phi) is 12.7. The van der Waals surface area contributed by atoms with Gasteiger partial charge in [0.25, 0.3) is 0 Å². The minimum atomic E-state index is -3.31. The quantitative estimate of drug-likeness (QED) is 0.223. The van der Waals surface area contributed by atoms with E-state index in [0.717, 1.165) is 0 Å². The summed E-state index contributed by atoms with van der Waals surface area (Å²) in [6.07, 6.45) is 1.02. The maximum atomic E-state index is 13.2. The average Bonchev–Trinajstić information content (AvgIpc) is 3.07. The number of rotatable bonds is 15. The van der Waals surface area contributed by atoms with Gasteiger partial charge in [-0.3, -0.25) is 4.79 Å². The van der Waals surface area contributed by atoms with Crippen LogP contribution in [-0.4, -0.2) is 48.3 Å². The molecule has 1 aliphatic carbocycles. The van der Waals surface area contributed by atoms with Gasteiger partial charge in [0.15, 0.2) is 11.6 Å². The highest BCUT2D eigenvalue weighted by Gasteiger charge is 2.67. The molecule has 0 aromatic carbocycles. The summed E-state index contributed by atoms with van der Waals surface area (Å²) >= 11 is 12.3. The summed E-state index contributed by atoms with van der Waals surface area (Å²) in [6.45, 7) is 13.5. The summed E-state index contributed by atoms with van der Waals surface area (Å²) in [4.78, 5) is 13.2. The number of aliphatic carboxylic acids is 1. The molecule has 0 heterocycles. The molecule has 1 fully saturated rings. The Balaban J connectivity index is 3.67. The molecule has 33 heavy (non-hydrogen) atoms. The van der Waals surface area contributed by atoms with Crippen molar-refractivity contribution in [2.45, 2.75) is 86.0 Å². The topological polar surface area (TPSA) is 74.2 Å². The molecule has 0 bridgehead atoms. The zero-order valence-corrected chi connectivity index (χ0v) is 25.3. The van der Waals surface area contributed by atoms with Gasteiger partial charge in [0, 0.05) is 0 Å². The van der Waals surface area contributed by atoms with Crippen molar-refractivity contribution in [1.82, 2.24) is 0 Å². The van der Waals surface area contributed by atoms with Gasteiger partial charge in [-0.15, -0.1) is 0 Å². The Morgan fingerprint density at radius 1 is 0.848 bits per heavy atom. The Bertz CT molecular complexity index is 696. The monoisotopic (exact) mass is 544 g/mol. The molecule has 0 aliphatic heterocycles. The second-order valence-corrected chi connectivity index (χ2v) is 18.4. The van der Waals surface area contributed by atoms with Crippen molar-refractivity contribution in [3.8, 4) is 0 Å². The van der Waals surface area contributed by atoms with Crippen LogP contribution in [0.5, 0.6) is 0 Å². The van der Waals surface area contributed by atoms with Crippen LogP contribution in [0.3, 0.4) is 0 Å². The van der Waals surface area contributed by atoms with E-state index in [2.05, 4.69) is 0 Å². The van der Waals surface area contributed by atoms with Crippen molar-refractivity contribution in [3.05, 3.63) is 0 Å². The smallest absolute Gasteiger partial charge is 0.320 e. The number of carboxylic acids is 1. The van der Waals surface area contributed by atoms with Crippen LogP contribution in [0.1, 0.15) is 75.2 Å². The molecule has 10 heteroatoms. The van der Waals surface area contributed by atoms with Gasteiger partial charge in [0.2, 0.25) is 6.49 Å². The average molecular weight is 545 g/mol. The van der Waals surface area contributed by atoms with Crippen LogP contribution in [-0.2, 0) is 46.5 Å². The van der Waals surface area contributed by atoms with Gasteiger partial charge in [0.05, 0.1) is 32.1 Å². The lowest BCUT2D eigenvalue weighted by molar-refractivity contribution is -0.140. The molecule has 0 amide bonds. The number of carbonyl (C=O) groups is 1. The molecule has 1 aliphatic rings. The molecule has 3 atom stereocenters. The maximum absolute atomic E-state index is 13.2. The third kappa shape index (κ3) is 8.05. The molecule has 0 spiro atoms. The van der Waals surface area contributed by atoms with E-state index in [4.69, 9.17) is 41.7 Å². The first-order chi connectivity index (χ1) is 15.1. The molecule has 6 nitrogen and oxygen atoms in total. The van der Waals surface area contributed by atoms with E-state index in [-0.39, 0.29) is 29.6 Å². The van der Waals surface area contributed by atoms with Gasteiger partial charge in [-0.2, -0.15) is 0 Å². The van der Waals surface area contributed by atoms with E-state index in [1.807, 2.05) is 62.3 Å². The summed E-state index contributed by atoms with van der Waals surface area (Å²) in [7, 11) is 0. The van der Waals surface area contributed by atoms with Crippen molar-refractivity contribution in [1.29, 1.82) is 0 Å². The lowest BCUT2D eigenvalue weighted by Gasteiger charge is -2.45. The fourth-order valence-electron chi connectivity index (χ4n) is 3.91. The van der Waals surface area contributed by atoms with Crippen molar-refractivity contribution in [3.63, 3.8) is 0 Å². The van der Waals surface area contributed by atoms with Gasteiger partial charge in [0.1, 0.15) is 0 Å². The highest BCUT2D eigenvalue weighted by molar-refractivity contribution is 8.13. The van der Waals surface area contributed by atoms with Gasteiger partial charge in [-0.1, -0.05) is 62.3 Å². The first-order valence-corrected chi connectivity index (χ1v) is 17.5. The lowest BCUT2D eigenvalue weighted by atomic mass is 10.0. The first-order valence-electron chi connectivity index (χ1n) is 12.1. The lowest BCUT2D eigenvalue weighted by Crippen LogP contribution is -2.48. The predicted molar refractivity (Wildman–Crippen MR) is 144 cm³/mol. The summed E-state index contributed by atoms with van der Waals surface area (Å²) in [5.74, 6) is -0.167. The van der Waals surface area contributed by atoms with Crippen molar-refractivity contribution >= 4 is 42.6 Å². The van der Waals surface area contributed by atoms with Gasteiger partial charge < -0.3 is 23.2 Å². The van der Waals surface area contributed by atoms with Crippen LogP contribution in [0.2, 0.25) is 0 Å². The Hall–Kier alpha value is 0.610. The highest BCUT2D eigenvalue weighted by atomic mass is 32.5. The second-order valence-electron chi connectivity index (χ2n) is 11.0. The van der Waals surface area contributed by atoms with Crippen LogP contribution < -0.4 is 0 Å². The molecule has 1 saturated carbocycles. The first kappa shape index (κ1) is 31.6. The van der Waals surface area contributed by atoms with Crippen molar-refractivity contribution < 1.29 is 28.0 Å². The molecular formula is C23H46O6P2S2. The molecule has 3 unspecified atom stereocenters. The van der Waals surface area contributed by atoms with Gasteiger partial charge >= 0.3 is 5.97 Å². The van der Waals surface area contributed by atoms with Crippen LogP contribution in [0.25, 0.3) is 0 Å². The molecule has 196 valence electrons. The Morgan fingerprint density at radius 2 is 1.21 bits per heavy atom. The fraction of sp³-hybridized carbons (Fsp3) is 0.957. The van der Waals surface area contributed by atoms with E-state index in [1.54, 1.807) is 0 Å². The van der Waals surface area contributed by atoms with E-state index in [9.17, 15) is 9.90 Å². The second kappa shape index (κ2) is 13.2. The zero-order chi connectivity index (χ0) is 25.6. The minimum Gasteiger partial charge on any atom is -0.480 e. The van der Waals surface area contributed by atoms with Crippen molar-refractivity contribution in [2.24, 2.45) is 29.6 Å². The molecule has 0 aromatic heterocycles. The van der Waals surface area contributed by atoms with E-state index in [1.165, 1.54) is 0 Å².